The van der Waals surface area contributed by atoms with Gasteiger partial charge in [0.1, 0.15) is 5.60 Å². The van der Waals surface area contributed by atoms with E-state index in [1.807, 2.05) is 0 Å². The summed E-state index contributed by atoms with van der Waals surface area (Å²) in [6.45, 7) is 2.87. The minimum absolute atomic E-state index is 0.423. The fourth-order valence-electron chi connectivity index (χ4n) is 3.01. The van der Waals surface area contributed by atoms with Crippen LogP contribution >= 0.6 is 0 Å². The van der Waals surface area contributed by atoms with Gasteiger partial charge in [-0.25, -0.2) is 0 Å². The summed E-state index contributed by atoms with van der Waals surface area (Å²) in [5.41, 5.74) is 6.56. The molecule has 0 radical (unpaired) electrons. The molecule has 1 aliphatic carbocycles. The van der Waals surface area contributed by atoms with Crippen molar-refractivity contribution < 1.29 is 5.11 Å². The van der Waals surface area contributed by atoms with Gasteiger partial charge in [-0.2, -0.15) is 0 Å². The Balaban J connectivity index is 1.90. The first-order valence-electron chi connectivity index (χ1n) is 6.28. The summed E-state index contributed by atoms with van der Waals surface area (Å²) in [6, 6.07) is 2.86. The number of aliphatic hydroxyl groups is 1. The molecule has 1 saturated heterocycles. The predicted molar refractivity (Wildman–Crippen MR) is 66.4 cm³/mol. The SMILES string of the molecule is CC1CC(O)(c2cnccc2N)CN1C1CC1. The van der Waals surface area contributed by atoms with Crippen molar-refractivity contribution in [2.75, 3.05) is 12.3 Å². The number of nitrogens with two attached hydrogens (primary N) is 1. The van der Waals surface area contributed by atoms with Crippen molar-refractivity contribution in [2.24, 2.45) is 0 Å². The molecule has 1 saturated carbocycles. The summed E-state index contributed by atoms with van der Waals surface area (Å²) in [6.07, 6.45) is 6.66. The number of hydrogen-bond donors (Lipinski definition) is 2. The Bertz CT molecular complexity index is 432. The Labute approximate surface area is 101 Å². The predicted octanol–water partition coefficient (Wildman–Crippen LogP) is 1.11. The molecule has 4 heteroatoms. The number of aromatic nitrogens is 1. The van der Waals surface area contributed by atoms with E-state index in [-0.39, 0.29) is 0 Å². The van der Waals surface area contributed by atoms with E-state index in [0.29, 0.717) is 24.3 Å². The number of β-amino-alcohol motifs (C(OH)–C–C–N with tert-alkyl or cyclic N) is 1. The van der Waals surface area contributed by atoms with E-state index >= 15 is 0 Å². The van der Waals surface area contributed by atoms with Crippen LogP contribution < -0.4 is 5.73 Å². The molecule has 0 amide bonds. The van der Waals surface area contributed by atoms with Gasteiger partial charge in [0.05, 0.1) is 0 Å². The Hall–Kier alpha value is -1.13. The van der Waals surface area contributed by atoms with Crippen LogP contribution in [0.2, 0.25) is 0 Å². The first-order chi connectivity index (χ1) is 8.10. The van der Waals surface area contributed by atoms with Crippen LogP contribution in [-0.2, 0) is 5.60 Å². The second-order valence-corrected chi connectivity index (χ2v) is 5.45. The number of hydrogen-bond acceptors (Lipinski definition) is 4. The van der Waals surface area contributed by atoms with Crippen molar-refractivity contribution in [1.82, 2.24) is 9.88 Å². The zero-order valence-corrected chi connectivity index (χ0v) is 10.1. The molecular weight excluding hydrogens is 214 g/mol. The number of pyridine rings is 1. The lowest BCUT2D eigenvalue weighted by molar-refractivity contribution is 0.0456. The van der Waals surface area contributed by atoms with Crippen molar-refractivity contribution in [3.8, 4) is 0 Å². The van der Waals surface area contributed by atoms with Crippen molar-refractivity contribution in [3.05, 3.63) is 24.0 Å². The molecule has 0 bridgehead atoms. The standard InChI is InChI=1S/C13H19N3O/c1-9-6-13(17,8-16(9)10-2-3-10)11-7-15-5-4-12(11)14/h4-5,7,9-10,17H,2-3,6,8H2,1H3,(H2,14,15). The van der Waals surface area contributed by atoms with E-state index in [1.165, 1.54) is 12.8 Å². The Morgan fingerprint density at radius 1 is 1.53 bits per heavy atom. The molecule has 1 aromatic heterocycles. The summed E-state index contributed by atoms with van der Waals surface area (Å²) in [4.78, 5) is 6.50. The van der Waals surface area contributed by atoms with Gasteiger partial charge < -0.3 is 10.8 Å². The molecular formula is C13H19N3O. The van der Waals surface area contributed by atoms with Crippen LogP contribution in [0.3, 0.4) is 0 Å². The average molecular weight is 233 g/mol. The molecule has 2 heterocycles. The smallest absolute Gasteiger partial charge is 0.107 e. The molecule has 3 rings (SSSR count). The molecule has 1 aromatic rings. The number of nitrogen functional groups attached to an aromatic ring is 1. The average Bonchev–Trinajstić information content (AvgIpc) is 3.06. The topological polar surface area (TPSA) is 62.4 Å². The van der Waals surface area contributed by atoms with Crippen molar-refractivity contribution in [3.63, 3.8) is 0 Å². The van der Waals surface area contributed by atoms with Crippen LogP contribution in [-0.4, -0.2) is 33.6 Å². The maximum Gasteiger partial charge on any atom is 0.107 e. The maximum absolute atomic E-state index is 10.8. The zero-order chi connectivity index (χ0) is 12.0. The second kappa shape index (κ2) is 3.68. The van der Waals surface area contributed by atoms with Crippen LogP contribution in [0.15, 0.2) is 18.5 Å². The molecule has 3 N–H and O–H groups in total. The first kappa shape index (κ1) is 11.0. The van der Waals surface area contributed by atoms with Gasteiger partial charge >= 0.3 is 0 Å². The van der Waals surface area contributed by atoms with E-state index in [4.69, 9.17) is 5.73 Å². The van der Waals surface area contributed by atoms with Crippen LogP contribution in [0.1, 0.15) is 31.7 Å². The zero-order valence-electron chi connectivity index (χ0n) is 10.1. The summed E-state index contributed by atoms with van der Waals surface area (Å²) >= 11 is 0. The number of anilines is 1. The van der Waals surface area contributed by atoms with E-state index in [0.717, 1.165) is 12.0 Å². The Morgan fingerprint density at radius 3 is 2.94 bits per heavy atom. The van der Waals surface area contributed by atoms with Gasteiger partial charge in [-0.3, -0.25) is 9.88 Å². The largest absolute Gasteiger partial charge is 0.398 e. The van der Waals surface area contributed by atoms with Crippen LogP contribution in [0.5, 0.6) is 0 Å². The first-order valence-corrected chi connectivity index (χ1v) is 6.28. The molecule has 92 valence electrons. The highest BCUT2D eigenvalue weighted by Gasteiger charge is 2.47. The third-order valence-corrected chi connectivity index (χ3v) is 4.02. The molecule has 2 unspecified atom stereocenters. The molecule has 17 heavy (non-hydrogen) atoms. The van der Waals surface area contributed by atoms with Gasteiger partial charge in [-0.15, -0.1) is 0 Å². The van der Waals surface area contributed by atoms with Crippen LogP contribution in [0, 0.1) is 0 Å². The quantitative estimate of drug-likeness (QED) is 0.803. The molecule has 4 nitrogen and oxygen atoms in total. The molecule has 1 aliphatic heterocycles. The van der Waals surface area contributed by atoms with Crippen LogP contribution in [0.4, 0.5) is 5.69 Å². The van der Waals surface area contributed by atoms with Gasteiger partial charge in [-0.05, 0) is 32.3 Å². The van der Waals surface area contributed by atoms with Gasteiger partial charge in [-0.1, -0.05) is 0 Å². The third kappa shape index (κ3) is 1.81. The summed E-state index contributed by atoms with van der Waals surface area (Å²) < 4.78 is 0. The number of rotatable bonds is 2. The Morgan fingerprint density at radius 2 is 2.29 bits per heavy atom. The van der Waals surface area contributed by atoms with E-state index in [2.05, 4.69) is 16.8 Å². The minimum Gasteiger partial charge on any atom is -0.398 e. The summed E-state index contributed by atoms with van der Waals surface area (Å²) in [5.74, 6) is 0. The number of likely N-dealkylation sites (tertiary alicyclic amines) is 1. The number of nitrogens with zero attached hydrogens (tertiary/aromatic N) is 2. The highest BCUT2D eigenvalue weighted by molar-refractivity contribution is 5.48. The molecule has 2 atom stereocenters. The fourth-order valence-corrected chi connectivity index (χ4v) is 3.01. The molecule has 2 fully saturated rings. The Kier molecular flexibility index (Phi) is 2.38. The molecule has 2 aliphatic rings. The highest BCUT2D eigenvalue weighted by Crippen LogP contribution is 2.42. The monoisotopic (exact) mass is 233 g/mol. The lowest BCUT2D eigenvalue weighted by atomic mass is 9.91. The van der Waals surface area contributed by atoms with Gasteiger partial charge in [0.15, 0.2) is 0 Å². The van der Waals surface area contributed by atoms with Crippen LogP contribution in [0.25, 0.3) is 0 Å². The normalized spacial score (nSPS) is 34.1. The third-order valence-electron chi connectivity index (χ3n) is 4.02. The molecule has 0 aromatic carbocycles. The van der Waals surface area contributed by atoms with Crippen molar-refractivity contribution in [2.45, 2.75) is 43.9 Å². The summed E-state index contributed by atoms with van der Waals surface area (Å²) in [7, 11) is 0. The van der Waals surface area contributed by atoms with E-state index in [1.54, 1.807) is 18.5 Å². The van der Waals surface area contributed by atoms with Crippen molar-refractivity contribution in [1.29, 1.82) is 0 Å². The maximum atomic E-state index is 10.8. The highest BCUT2D eigenvalue weighted by atomic mass is 16.3. The van der Waals surface area contributed by atoms with E-state index in [9.17, 15) is 5.11 Å². The summed E-state index contributed by atoms with van der Waals surface area (Å²) in [5, 5.41) is 10.8. The van der Waals surface area contributed by atoms with Crippen molar-refractivity contribution >= 4 is 5.69 Å². The fraction of sp³-hybridized carbons (Fsp3) is 0.615. The van der Waals surface area contributed by atoms with Gasteiger partial charge in [0.2, 0.25) is 0 Å². The second-order valence-electron chi connectivity index (χ2n) is 5.45. The van der Waals surface area contributed by atoms with E-state index < -0.39 is 5.60 Å². The minimum atomic E-state index is -0.819. The molecule has 0 spiro atoms. The van der Waals surface area contributed by atoms with Gasteiger partial charge in [0.25, 0.3) is 0 Å². The lowest BCUT2D eigenvalue weighted by Gasteiger charge is -2.25. The lowest BCUT2D eigenvalue weighted by Crippen LogP contribution is -2.33. The van der Waals surface area contributed by atoms with Gasteiger partial charge in [0, 0.05) is 42.3 Å².